The fourth-order valence-corrected chi connectivity index (χ4v) is 5.68. The van der Waals surface area contributed by atoms with Gasteiger partial charge in [-0.2, -0.15) is 13.2 Å². The summed E-state index contributed by atoms with van der Waals surface area (Å²) in [7, 11) is -3.51. The molecule has 0 N–H and O–H groups in total. The number of pyridine rings is 1. The van der Waals surface area contributed by atoms with E-state index in [-0.39, 0.29) is 28.4 Å². The molecule has 2 aliphatic heterocycles. The normalized spacial score (nSPS) is 20.4. The van der Waals surface area contributed by atoms with Gasteiger partial charge in [0.15, 0.2) is 9.84 Å². The molecule has 5 rings (SSSR count). The van der Waals surface area contributed by atoms with E-state index in [9.17, 15) is 26.4 Å². The van der Waals surface area contributed by atoms with E-state index in [2.05, 4.69) is 9.88 Å². The summed E-state index contributed by atoms with van der Waals surface area (Å²) in [6, 6.07) is 10.8. The van der Waals surface area contributed by atoms with Crippen LogP contribution in [0.2, 0.25) is 0 Å². The first kappa shape index (κ1) is 23.7. The van der Waals surface area contributed by atoms with Gasteiger partial charge < -0.3 is 9.64 Å². The van der Waals surface area contributed by atoms with Crippen LogP contribution in [0, 0.1) is 6.92 Å². The van der Waals surface area contributed by atoms with Crippen LogP contribution in [0.4, 0.5) is 18.9 Å². The van der Waals surface area contributed by atoms with E-state index in [0.29, 0.717) is 29.6 Å². The Morgan fingerprint density at radius 3 is 2.26 bits per heavy atom. The number of Topliss-reactive ketones (excluding diaryl/α,β-unsaturated/α-hetero) is 1. The minimum atomic E-state index is -5.09. The summed E-state index contributed by atoms with van der Waals surface area (Å²) < 4.78 is 70.6. The number of alkyl halides is 3. The molecule has 3 heterocycles. The molecule has 0 aliphatic carbocycles. The molecule has 1 aromatic heterocycles. The van der Waals surface area contributed by atoms with Crippen molar-refractivity contribution in [3.05, 3.63) is 53.7 Å². The largest absolute Gasteiger partial charge is 0.454 e. The van der Waals surface area contributed by atoms with Crippen molar-refractivity contribution in [1.29, 1.82) is 0 Å². The Morgan fingerprint density at radius 1 is 1.06 bits per heavy atom. The molecule has 3 aromatic rings. The van der Waals surface area contributed by atoms with E-state index in [0.717, 1.165) is 24.8 Å². The van der Waals surface area contributed by atoms with E-state index >= 15 is 0 Å². The lowest BCUT2D eigenvalue weighted by Gasteiger charge is -2.34. The van der Waals surface area contributed by atoms with Gasteiger partial charge >= 0.3 is 6.18 Å². The highest BCUT2D eigenvalue weighted by molar-refractivity contribution is 7.90. The Morgan fingerprint density at radius 2 is 1.69 bits per heavy atom. The van der Waals surface area contributed by atoms with Crippen LogP contribution in [-0.2, 0) is 14.6 Å². The van der Waals surface area contributed by atoms with Gasteiger partial charge in [-0.25, -0.2) is 8.42 Å². The number of aromatic nitrogens is 1. The fraction of sp³-hybridized carbons (Fsp3) is 0.360. The summed E-state index contributed by atoms with van der Waals surface area (Å²) in [5, 5.41) is 0.395. The van der Waals surface area contributed by atoms with Gasteiger partial charge in [0.05, 0.1) is 33.9 Å². The molecule has 0 spiro atoms. The minimum Gasteiger partial charge on any atom is -0.371 e. The Bertz CT molecular complexity index is 1420. The number of aryl methyl sites for hydroxylation is 1. The highest BCUT2D eigenvalue weighted by atomic mass is 32.2. The summed E-state index contributed by atoms with van der Waals surface area (Å²) >= 11 is 0. The molecule has 0 saturated carbocycles. The summed E-state index contributed by atoms with van der Waals surface area (Å²) in [5.41, 5.74) is 1.09. The lowest BCUT2D eigenvalue weighted by molar-refractivity contribution is -0.0885. The molecular formula is C25H23F3N2O4S. The van der Waals surface area contributed by atoms with Crippen LogP contribution in [-0.4, -0.2) is 56.9 Å². The van der Waals surface area contributed by atoms with Crippen LogP contribution in [0.25, 0.3) is 22.0 Å². The van der Waals surface area contributed by atoms with Crippen molar-refractivity contribution >= 4 is 32.2 Å². The van der Waals surface area contributed by atoms with E-state index in [4.69, 9.17) is 4.74 Å². The van der Waals surface area contributed by atoms with Gasteiger partial charge in [-0.05, 0) is 43.5 Å². The molecule has 0 amide bonds. The number of hydrogen-bond donors (Lipinski definition) is 0. The third kappa shape index (κ3) is 4.29. The van der Waals surface area contributed by atoms with Crippen LogP contribution in [0.1, 0.15) is 28.9 Å². The molecule has 2 atom stereocenters. The molecule has 6 nitrogen and oxygen atoms in total. The number of ether oxygens (including phenoxy) is 1. The molecule has 184 valence electrons. The molecule has 2 aromatic carbocycles. The van der Waals surface area contributed by atoms with E-state index in [1.807, 2.05) is 6.07 Å². The first-order chi connectivity index (χ1) is 16.4. The first-order valence-electron chi connectivity index (χ1n) is 11.2. The number of fused-ring (bicyclic) bond motifs is 3. The van der Waals surface area contributed by atoms with Gasteiger partial charge in [0, 0.05) is 36.0 Å². The van der Waals surface area contributed by atoms with Gasteiger partial charge in [0.25, 0.3) is 5.78 Å². The third-order valence-corrected chi connectivity index (χ3v) is 7.74. The minimum absolute atomic E-state index is 0.0320. The number of rotatable bonds is 4. The summed E-state index contributed by atoms with van der Waals surface area (Å²) in [6.07, 6.45) is -1.93. The maximum Gasteiger partial charge on any atom is 0.454 e. The first-order valence-corrected chi connectivity index (χ1v) is 13.1. The van der Waals surface area contributed by atoms with Crippen molar-refractivity contribution in [2.75, 3.05) is 24.2 Å². The topological polar surface area (TPSA) is 76.6 Å². The van der Waals surface area contributed by atoms with Crippen molar-refractivity contribution in [3.63, 3.8) is 0 Å². The van der Waals surface area contributed by atoms with E-state index < -0.39 is 27.4 Å². The molecule has 0 radical (unpaired) electrons. The second-order valence-electron chi connectivity index (χ2n) is 9.11. The van der Waals surface area contributed by atoms with Crippen molar-refractivity contribution in [2.24, 2.45) is 0 Å². The average Bonchev–Trinajstić information content (AvgIpc) is 3.13. The molecular weight excluding hydrogens is 481 g/mol. The van der Waals surface area contributed by atoms with Gasteiger partial charge in [-0.3, -0.25) is 9.78 Å². The predicted molar refractivity (Wildman–Crippen MR) is 126 cm³/mol. The summed E-state index contributed by atoms with van der Waals surface area (Å²) in [5.74, 6) is -1.98. The number of sulfone groups is 1. The van der Waals surface area contributed by atoms with E-state index in [1.165, 1.54) is 31.2 Å². The number of ketones is 1. The third-order valence-electron chi connectivity index (χ3n) is 6.62. The van der Waals surface area contributed by atoms with Crippen LogP contribution in [0.15, 0.2) is 47.4 Å². The molecule has 10 heteroatoms. The number of carbonyl (C=O) groups is 1. The van der Waals surface area contributed by atoms with Crippen LogP contribution in [0.5, 0.6) is 0 Å². The van der Waals surface area contributed by atoms with Crippen LogP contribution < -0.4 is 4.90 Å². The lowest BCUT2D eigenvalue weighted by atomic mass is 9.91. The molecule has 2 fully saturated rings. The number of anilines is 1. The van der Waals surface area contributed by atoms with Gasteiger partial charge in [-0.15, -0.1) is 0 Å². The zero-order chi connectivity index (χ0) is 25.1. The van der Waals surface area contributed by atoms with E-state index in [1.54, 1.807) is 12.1 Å². The maximum absolute atomic E-state index is 13.6. The molecule has 2 aliphatic rings. The Hall–Kier alpha value is -2.98. The number of morpholine rings is 1. The lowest BCUT2D eigenvalue weighted by Crippen LogP contribution is -2.42. The number of hydrogen-bond acceptors (Lipinski definition) is 6. The molecule has 2 unspecified atom stereocenters. The summed E-state index contributed by atoms with van der Waals surface area (Å²) in [4.78, 5) is 19.2. The Labute approximate surface area is 200 Å². The standard InChI is InChI=1S/C25H23F3N2O4S/c1-14-21(24(31)25(26,27)28)22(15-6-10-18(11-7-15)35(2,32)33)19-4-3-5-20(23(19)29-14)30-12-16-8-9-17(13-30)34-16/h3-7,10-11,16-17H,8-9,12-13H2,1-2H3. The van der Waals surface area contributed by atoms with Crippen molar-refractivity contribution in [3.8, 4) is 11.1 Å². The number of carbonyl (C=O) groups excluding carboxylic acids is 1. The maximum atomic E-state index is 13.6. The molecule has 2 saturated heterocycles. The highest BCUT2D eigenvalue weighted by Crippen LogP contribution is 2.40. The second-order valence-corrected chi connectivity index (χ2v) is 11.1. The SMILES string of the molecule is Cc1nc2c(N3CC4CCC(C3)O4)cccc2c(-c2ccc(S(C)(=O)=O)cc2)c1C(=O)C(F)(F)F. The second kappa shape index (κ2) is 8.30. The number of benzene rings is 2. The van der Waals surface area contributed by atoms with Crippen molar-refractivity contribution < 1.29 is 31.1 Å². The predicted octanol–water partition coefficient (Wildman–Crippen LogP) is 4.73. The highest BCUT2D eigenvalue weighted by Gasteiger charge is 2.42. The Balaban J connectivity index is 1.76. The molecule has 35 heavy (non-hydrogen) atoms. The van der Waals surface area contributed by atoms with Crippen LogP contribution >= 0.6 is 0 Å². The Kier molecular flexibility index (Phi) is 5.63. The van der Waals surface area contributed by atoms with Gasteiger partial charge in [0.1, 0.15) is 0 Å². The fourth-order valence-electron chi connectivity index (χ4n) is 5.04. The average molecular weight is 505 g/mol. The van der Waals surface area contributed by atoms with Crippen LogP contribution in [0.3, 0.4) is 0 Å². The smallest absolute Gasteiger partial charge is 0.371 e. The number of para-hydroxylation sites is 1. The molecule has 2 bridgehead atoms. The zero-order valence-electron chi connectivity index (χ0n) is 19.1. The summed E-state index contributed by atoms with van der Waals surface area (Å²) in [6.45, 7) is 2.70. The quantitative estimate of drug-likeness (QED) is 0.479. The zero-order valence-corrected chi connectivity index (χ0v) is 19.9. The van der Waals surface area contributed by atoms with Crippen molar-refractivity contribution in [2.45, 2.75) is 43.0 Å². The number of nitrogens with zero attached hydrogens (tertiary/aromatic N) is 2. The van der Waals surface area contributed by atoms with Gasteiger partial charge in [0.2, 0.25) is 0 Å². The van der Waals surface area contributed by atoms with Gasteiger partial charge in [-0.1, -0.05) is 24.3 Å². The monoisotopic (exact) mass is 504 g/mol. The number of halogens is 3. The van der Waals surface area contributed by atoms with Crippen molar-refractivity contribution in [1.82, 2.24) is 4.98 Å².